The second-order valence-corrected chi connectivity index (χ2v) is 7.79. The second-order valence-electron chi connectivity index (χ2n) is 7.79. The van der Waals surface area contributed by atoms with E-state index < -0.39 is 0 Å². The first-order valence-corrected chi connectivity index (χ1v) is 10.1. The molecule has 0 saturated heterocycles. The van der Waals surface area contributed by atoms with E-state index in [1.807, 2.05) is 38.4 Å². The lowest BCUT2D eigenvalue weighted by atomic mass is 10.1. The topological polar surface area (TPSA) is 99.8 Å². The number of hydrogen-bond donors (Lipinski definition) is 2. The molecule has 0 fully saturated rings. The molecule has 30 heavy (non-hydrogen) atoms. The van der Waals surface area contributed by atoms with Crippen LogP contribution in [0.25, 0.3) is 11.0 Å². The van der Waals surface area contributed by atoms with Gasteiger partial charge < -0.3 is 20.0 Å². The van der Waals surface area contributed by atoms with E-state index in [1.165, 1.54) is 0 Å². The van der Waals surface area contributed by atoms with E-state index in [0.29, 0.717) is 17.8 Å². The molecule has 1 aromatic carbocycles. The molecular formula is C22H25N5O3. The number of carbonyl (C=O) groups is 1. The SMILES string of the molecule is CN(C)CCCNC(=O)c1oc2cnccc2c1Nc1ccc2c(c1)CCC2N=O. The maximum absolute atomic E-state index is 12.8. The van der Waals surface area contributed by atoms with Gasteiger partial charge in [0.1, 0.15) is 6.04 Å². The molecule has 1 aliphatic rings. The third-order valence-electron chi connectivity index (χ3n) is 5.35. The molecular weight excluding hydrogens is 382 g/mol. The number of fused-ring (bicyclic) bond motifs is 2. The number of carbonyl (C=O) groups excluding carboxylic acids is 1. The average molecular weight is 407 g/mol. The molecule has 3 aromatic rings. The van der Waals surface area contributed by atoms with Crippen molar-refractivity contribution >= 4 is 28.3 Å². The highest BCUT2D eigenvalue weighted by atomic mass is 16.3. The summed E-state index contributed by atoms with van der Waals surface area (Å²) in [4.78, 5) is 30.0. The van der Waals surface area contributed by atoms with Crippen LogP contribution in [0.3, 0.4) is 0 Å². The number of rotatable bonds is 8. The molecule has 1 unspecified atom stereocenters. The van der Waals surface area contributed by atoms with Crippen LogP contribution in [0.2, 0.25) is 0 Å². The Morgan fingerprint density at radius 1 is 1.33 bits per heavy atom. The summed E-state index contributed by atoms with van der Waals surface area (Å²) in [6.45, 7) is 1.45. The van der Waals surface area contributed by atoms with Crippen LogP contribution in [-0.2, 0) is 6.42 Å². The van der Waals surface area contributed by atoms with Crippen molar-refractivity contribution in [2.24, 2.45) is 5.18 Å². The van der Waals surface area contributed by atoms with Gasteiger partial charge in [-0.3, -0.25) is 9.78 Å². The lowest BCUT2D eigenvalue weighted by Crippen LogP contribution is -2.27. The Labute approximate surface area is 174 Å². The Kier molecular flexibility index (Phi) is 5.76. The highest BCUT2D eigenvalue weighted by Gasteiger charge is 2.25. The van der Waals surface area contributed by atoms with Gasteiger partial charge in [-0.1, -0.05) is 11.2 Å². The summed E-state index contributed by atoms with van der Waals surface area (Å²) in [5.74, 6) is -0.0328. The Morgan fingerprint density at radius 2 is 2.20 bits per heavy atom. The highest BCUT2D eigenvalue weighted by molar-refractivity contribution is 6.07. The summed E-state index contributed by atoms with van der Waals surface area (Å²) in [7, 11) is 4.00. The van der Waals surface area contributed by atoms with Crippen molar-refractivity contribution in [1.82, 2.24) is 15.2 Å². The molecule has 156 valence electrons. The van der Waals surface area contributed by atoms with E-state index >= 15 is 0 Å². The van der Waals surface area contributed by atoms with Crippen molar-refractivity contribution < 1.29 is 9.21 Å². The number of aryl methyl sites for hydroxylation is 1. The number of pyridine rings is 1. The fourth-order valence-electron chi connectivity index (χ4n) is 3.84. The van der Waals surface area contributed by atoms with E-state index in [1.54, 1.807) is 12.4 Å². The van der Waals surface area contributed by atoms with Gasteiger partial charge in [0.15, 0.2) is 5.58 Å². The molecule has 2 N–H and O–H groups in total. The van der Waals surface area contributed by atoms with Crippen molar-refractivity contribution in [3.05, 3.63) is 58.5 Å². The zero-order valence-corrected chi connectivity index (χ0v) is 17.1. The maximum atomic E-state index is 12.8. The summed E-state index contributed by atoms with van der Waals surface area (Å²) < 4.78 is 5.83. The second kappa shape index (κ2) is 8.62. The molecule has 2 heterocycles. The largest absolute Gasteiger partial charge is 0.447 e. The zero-order chi connectivity index (χ0) is 21.1. The van der Waals surface area contributed by atoms with Crippen LogP contribution >= 0.6 is 0 Å². The van der Waals surface area contributed by atoms with Crippen LogP contribution in [0.5, 0.6) is 0 Å². The van der Waals surface area contributed by atoms with Gasteiger partial charge in [0.25, 0.3) is 5.91 Å². The number of anilines is 2. The Bertz CT molecular complexity index is 1080. The summed E-state index contributed by atoms with van der Waals surface area (Å²) in [5.41, 5.74) is 4.08. The van der Waals surface area contributed by atoms with Gasteiger partial charge in [-0.2, -0.15) is 4.91 Å². The van der Waals surface area contributed by atoms with Gasteiger partial charge in [-0.25, -0.2) is 0 Å². The number of aromatic nitrogens is 1. The van der Waals surface area contributed by atoms with E-state index in [2.05, 4.69) is 25.7 Å². The van der Waals surface area contributed by atoms with Crippen molar-refractivity contribution in [3.63, 3.8) is 0 Å². The maximum Gasteiger partial charge on any atom is 0.289 e. The standard InChI is InChI=1S/C22H25N5O3/c1-27(2)11-3-9-24-22(28)21-20(17-8-10-23-13-19(17)30-21)25-15-5-6-16-14(12-15)4-7-18(16)26-29/h5-6,8,10,12-13,18,25H,3-4,7,9,11H2,1-2H3,(H,24,28). The molecule has 1 aliphatic carbocycles. The quantitative estimate of drug-likeness (QED) is 0.432. The average Bonchev–Trinajstić information content (AvgIpc) is 3.32. The number of amides is 1. The van der Waals surface area contributed by atoms with Crippen molar-refractivity contribution in [2.75, 3.05) is 32.5 Å². The van der Waals surface area contributed by atoms with Gasteiger partial charge in [0.05, 0.1) is 11.9 Å². The first-order valence-electron chi connectivity index (χ1n) is 10.1. The Morgan fingerprint density at radius 3 is 3.00 bits per heavy atom. The van der Waals surface area contributed by atoms with Gasteiger partial charge >= 0.3 is 0 Å². The third-order valence-corrected chi connectivity index (χ3v) is 5.35. The van der Waals surface area contributed by atoms with Gasteiger partial charge in [-0.05, 0) is 69.2 Å². The van der Waals surface area contributed by atoms with E-state index in [4.69, 9.17) is 4.42 Å². The molecule has 2 aromatic heterocycles. The van der Waals surface area contributed by atoms with Crippen molar-refractivity contribution in [3.8, 4) is 0 Å². The highest BCUT2D eigenvalue weighted by Crippen LogP contribution is 2.37. The molecule has 0 radical (unpaired) electrons. The third kappa shape index (κ3) is 4.04. The van der Waals surface area contributed by atoms with Crippen molar-refractivity contribution in [1.29, 1.82) is 0 Å². The van der Waals surface area contributed by atoms with Crippen molar-refractivity contribution in [2.45, 2.75) is 25.3 Å². The first kappa shape index (κ1) is 20.0. The number of nitrogens with zero attached hydrogens (tertiary/aromatic N) is 3. The lowest BCUT2D eigenvalue weighted by Gasteiger charge is -2.11. The molecule has 0 bridgehead atoms. The number of nitroso groups, excluding NO2 is 1. The molecule has 1 atom stereocenters. The first-order chi connectivity index (χ1) is 14.6. The minimum atomic E-state index is -0.265. The zero-order valence-electron chi connectivity index (χ0n) is 17.1. The smallest absolute Gasteiger partial charge is 0.289 e. The Hall–Kier alpha value is -3.26. The number of furan rings is 1. The van der Waals surface area contributed by atoms with E-state index in [-0.39, 0.29) is 17.7 Å². The number of nitrogens with one attached hydrogen (secondary N) is 2. The van der Waals surface area contributed by atoms with Gasteiger partial charge in [0.2, 0.25) is 5.76 Å². The number of benzene rings is 1. The summed E-state index contributed by atoms with van der Waals surface area (Å²) >= 11 is 0. The molecule has 1 amide bonds. The van der Waals surface area contributed by atoms with E-state index in [0.717, 1.165) is 48.0 Å². The Balaban J connectivity index is 1.59. The minimum Gasteiger partial charge on any atom is -0.447 e. The fraction of sp³-hybridized carbons (Fsp3) is 0.364. The predicted molar refractivity (Wildman–Crippen MR) is 116 cm³/mol. The summed E-state index contributed by atoms with van der Waals surface area (Å²) in [5, 5.41) is 10.3. The van der Waals surface area contributed by atoms with Crippen LogP contribution in [0.15, 0.2) is 46.3 Å². The molecule has 0 aliphatic heterocycles. The van der Waals surface area contributed by atoms with Crippen LogP contribution in [-0.4, -0.2) is 43.0 Å². The molecule has 8 heteroatoms. The monoisotopic (exact) mass is 407 g/mol. The fourth-order valence-corrected chi connectivity index (χ4v) is 3.84. The van der Waals surface area contributed by atoms with Crippen LogP contribution in [0, 0.1) is 4.91 Å². The van der Waals surface area contributed by atoms with Crippen LogP contribution in [0.1, 0.15) is 40.6 Å². The summed E-state index contributed by atoms with van der Waals surface area (Å²) in [6.07, 6.45) is 5.68. The summed E-state index contributed by atoms with van der Waals surface area (Å²) in [6, 6.07) is 7.41. The minimum absolute atomic E-state index is 0.232. The van der Waals surface area contributed by atoms with Crippen LogP contribution in [0.4, 0.5) is 11.4 Å². The normalized spacial score (nSPS) is 15.4. The molecule has 4 rings (SSSR count). The van der Waals surface area contributed by atoms with Crippen LogP contribution < -0.4 is 10.6 Å². The molecule has 0 saturated carbocycles. The molecule has 0 spiro atoms. The predicted octanol–water partition coefficient (Wildman–Crippen LogP) is 4.01. The van der Waals surface area contributed by atoms with Gasteiger partial charge in [-0.15, -0.1) is 0 Å². The van der Waals surface area contributed by atoms with E-state index in [9.17, 15) is 9.70 Å². The lowest BCUT2D eigenvalue weighted by molar-refractivity contribution is 0.0928. The van der Waals surface area contributed by atoms with Gasteiger partial charge in [0, 0.05) is 23.8 Å². The number of hydrogen-bond acceptors (Lipinski definition) is 7. The molecule has 8 nitrogen and oxygen atoms in total.